The zero-order valence-corrected chi connectivity index (χ0v) is 26.2. The van der Waals surface area contributed by atoms with Crippen LogP contribution in [0, 0.1) is 37.5 Å². The zero-order valence-electron chi connectivity index (χ0n) is 26.2. The number of imide groups is 1. The number of hydrogen-bond donors (Lipinski definition) is 2. The van der Waals surface area contributed by atoms with Crippen molar-refractivity contribution in [2.24, 2.45) is 23.7 Å². The van der Waals surface area contributed by atoms with E-state index >= 15 is 4.79 Å². The van der Waals surface area contributed by atoms with E-state index in [1.807, 2.05) is 66.7 Å². The predicted molar refractivity (Wildman–Crippen MR) is 173 cm³/mol. The Hall–Kier alpha value is -5.11. The van der Waals surface area contributed by atoms with Gasteiger partial charge in [0.1, 0.15) is 5.75 Å². The van der Waals surface area contributed by atoms with Gasteiger partial charge in [-0.3, -0.25) is 28.9 Å². The van der Waals surface area contributed by atoms with Crippen LogP contribution >= 0.6 is 0 Å². The molecule has 47 heavy (non-hydrogen) atoms. The van der Waals surface area contributed by atoms with E-state index in [0.29, 0.717) is 27.8 Å². The topological polar surface area (TPSA) is 129 Å². The monoisotopic (exact) mass is 629 g/mol. The zero-order chi connectivity index (χ0) is 33.2. The van der Waals surface area contributed by atoms with Crippen molar-refractivity contribution >= 4 is 34.9 Å². The van der Waals surface area contributed by atoms with Crippen LogP contribution in [0.2, 0.25) is 0 Å². The Balaban J connectivity index is 1.48. The van der Waals surface area contributed by atoms with Gasteiger partial charge in [0.05, 0.1) is 23.7 Å². The number of carboxylic acid groups (broad SMARTS) is 1. The van der Waals surface area contributed by atoms with E-state index in [4.69, 9.17) is 0 Å². The third kappa shape index (κ3) is 4.53. The summed E-state index contributed by atoms with van der Waals surface area (Å²) in [6, 6.07) is 22.2. The van der Waals surface area contributed by atoms with Crippen LogP contribution in [0.15, 0.2) is 90.5 Å². The summed E-state index contributed by atoms with van der Waals surface area (Å²) in [6.45, 7) is 3.38. The number of rotatable bonds is 6. The molecule has 0 spiro atoms. The first-order chi connectivity index (χ1) is 22.5. The predicted octanol–water partition coefficient (Wildman–Crippen LogP) is 5.31. The number of aryl methyl sites for hydroxylation is 2. The van der Waals surface area contributed by atoms with Crippen molar-refractivity contribution in [3.05, 3.63) is 118 Å². The summed E-state index contributed by atoms with van der Waals surface area (Å²) in [5, 5.41) is 20.1. The molecular weight excluding hydrogens is 594 g/mol. The molecule has 3 aromatic carbocycles. The molecule has 1 saturated carbocycles. The number of aliphatic carboxylic acids is 1. The second-order valence-electron chi connectivity index (χ2n) is 13.3. The highest BCUT2D eigenvalue weighted by molar-refractivity contribution is 6.31. The van der Waals surface area contributed by atoms with Gasteiger partial charge in [-0.15, -0.1) is 0 Å². The standard InChI is InChI=1S/C39H35NO7/c1-21-17-24(18-22(2)35(21)44)34-26-13-14-27-33(38(47)40(37(27)46)16-15-32(42)43)29(26)19-30-36(45)28(23-9-5-3-6-10-23)20-31(41)39(30,34)25-11-7-4-8-12-25/h3-13,17-18,20,27,29-30,33-34,44H,14-16,19H2,1-2H3,(H,42,43). The number of phenols is 1. The Kier molecular flexibility index (Phi) is 7.34. The highest BCUT2D eigenvalue weighted by Crippen LogP contribution is 2.63. The molecule has 2 amide bonds. The molecule has 1 aliphatic heterocycles. The fourth-order valence-corrected chi connectivity index (χ4v) is 8.90. The molecule has 8 nitrogen and oxygen atoms in total. The molecule has 2 N–H and O–H groups in total. The number of fused-ring (bicyclic) bond motifs is 4. The summed E-state index contributed by atoms with van der Waals surface area (Å²) in [5.74, 6) is -5.69. The molecular formula is C39H35NO7. The van der Waals surface area contributed by atoms with Crippen LogP contribution in [0.5, 0.6) is 5.75 Å². The first kappa shape index (κ1) is 30.5. The maximum atomic E-state index is 15.0. The van der Waals surface area contributed by atoms with Crippen molar-refractivity contribution in [3.63, 3.8) is 0 Å². The number of phenolic OH excluding ortho intramolecular Hbond substituents is 1. The summed E-state index contributed by atoms with van der Waals surface area (Å²) in [7, 11) is 0. The van der Waals surface area contributed by atoms with Crippen molar-refractivity contribution in [1.29, 1.82) is 0 Å². The minimum atomic E-state index is -1.35. The molecule has 3 aliphatic carbocycles. The fraction of sp³-hybridized carbons (Fsp3) is 0.308. The van der Waals surface area contributed by atoms with E-state index in [1.165, 1.54) is 6.08 Å². The number of hydrogen-bond acceptors (Lipinski definition) is 6. The molecule has 8 heteroatoms. The van der Waals surface area contributed by atoms with Gasteiger partial charge in [0.15, 0.2) is 11.6 Å². The van der Waals surface area contributed by atoms with Crippen LogP contribution in [0.1, 0.15) is 53.0 Å². The number of benzene rings is 3. The van der Waals surface area contributed by atoms with Gasteiger partial charge >= 0.3 is 5.97 Å². The quantitative estimate of drug-likeness (QED) is 0.279. The van der Waals surface area contributed by atoms with Crippen LogP contribution in [0.4, 0.5) is 0 Å². The minimum Gasteiger partial charge on any atom is -0.507 e. The average Bonchev–Trinajstić information content (AvgIpc) is 3.32. The number of allylic oxidation sites excluding steroid dienone is 4. The molecule has 4 aliphatic rings. The van der Waals surface area contributed by atoms with E-state index in [2.05, 4.69) is 0 Å². The van der Waals surface area contributed by atoms with Crippen molar-refractivity contribution in [2.75, 3.05) is 6.54 Å². The molecule has 6 unspecified atom stereocenters. The lowest BCUT2D eigenvalue weighted by Gasteiger charge is -2.55. The van der Waals surface area contributed by atoms with Gasteiger partial charge in [0.25, 0.3) is 0 Å². The Morgan fingerprint density at radius 2 is 1.53 bits per heavy atom. The molecule has 238 valence electrons. The van der Waals surface area contributed by atoms with Crippen molar-refractivity contribution < 1.29 is 34.2 Å². The van der Waals surface area contributed by atoms with E-state index in [9.17, 15) is 29.4 Å². The van der Waals surface area contributed by atoms with Crippen LogP contribution in [-0.4, -0.2) is 51.0 Å². The molecule has 1 heterocycles. The number of carboxylic acids is 1. The minimum absolute atomic E-state index is 0.145. The van der Waals surface area contributed by atoms with E-state index in [0.717, 1.165) is 16.0 Å². The molecule has 6 atom stereocenters. The first-order valence-electron chi connectivity index (χ1n) is 16.0. The van der Waals surface area contributed by atoms with Crippen molar-refractivity contribution in [2.45, 2.75) is 44.4 Å². The van der Waals surface area contributed by atoms with Gasteiger partial charge in [-0.2, -0.15) is 0 Å². The summed E-state index contributed by atoms with van der Waals surface area (Å²) < 4.78 is 0. The van der Waals surface area contributed by atoms with Crippen molar-refractivity contribution in [3.8, 4) is 5.75 Å². The lowest BCUT2D eigenvalue weighted by atomic mass is 9.44. The third-order valence-corrected chi connectivity index (χ3v) is 10.9. The highest BCUT2D eigenvalue weighted by atomic mass is 16.4. The summed E-state index contributed by atoms with van der Waals surface area (Å²) in [4.78, 5) is 70.0. The van der Waals surface area contributed by atoms with Gasteiger partial charge in [0, 0.05) is 24.0 Å². The van der Waals surface area contributed by atoms with E-state index in [-0.39, 0.29) is 49.0 Å². The lowest BCUT2D eigenvalue weighted by Crippen LogP contribution is -2.58. The molecule has 2 fully saturated rings. The largest absolute Gasteiger partial charge is 0.507 e. The molecule has 0 aromatic heterocycles. The normalized spacial score (nSPS) is 28.3. The number of ketones is 2. The fourth-order valence-electron chi connectivity index (χ4n) is 8.90. The molecule has 3 aromatic rings. The number of carbonyl (C=O) groups is 5. The maximum absolute atomic E-state index is 15.0. The van der Waals surface area contributed by atoms with Gasteiger partial charge in [0.2, 0.25) is 11.8 Å². The number of aromatic hydroxyl groups is 1. The number of nitrogens with zero attached hydrogens (tertiary/aromatic N) is 1. The Labute approximate surface area is 272 Å². The number of amides is 2. The Morgan fingerprint density at radius 1 is 0.894 bits per heavy atom. The average molecular weight is 630 g/mol. The van der Waals surface area contributed by atoms with Gasteiger partial charge in [-0.25, -0.2) is 0 Å². The second kappa shape index (κ2) is 11.3. The van der Waals surface area contributed by atoms with Crippen LogP contribution in [-0.2, 0) is 29.4 Å². The first-order valence-corrected chi connectivity index (χ1v) is 16.0. The van der Waals surface area contributed by atoms with E-state index in [1.54, 1.807) is 26.0 Å². The van der Waals surface area contributed by atoms with Crippen LogP contribution in [0.25, 0.3) is 5.57 Å². The molecule has 0 bridgehead atoms. The molecule has 1 saturated heterocycles. The molecule has 7 rings (SSSR count). The Bertz CT molecular complexity index is 1890. The van der Waals surface area contributed by atoms with Gasteiger partial charge in [-0.05, 0) is 66.5 Å². The SMILES string of the molecule is Cc1cc(C2C3=CCC4C(=O)N(CCC(=O)O)C(=O)C4C3CC3C(=O)C(c4ccccc4)=CC(=O)C32c2ccccc2)cc(C)c1O. The summed E-state index contributed by atoms with van der Waals surface area (Å²) >= 11 is 0. The number of likely N-dealkylation sites (tertiary alicyclic amines) is 1. The van der Waals surface area contributed by atoms with Crippen LogP contribution in [0.3, 0.4) is 0 Å². The number of carbonyl (C=O) groups excluding carboxylic acids is 4. The third-order valence-electron chi connectivity index (χ3n) is 10.9. The highest BCUT2D eigenvalue weighted by Gasteiger charge is 2.65. The Morgan fingerprint density at radius 3 is 2.17 bits per heavy atom. The second-order valence-corrected chi connectivity index (χ2v) is 13.3. The summed E-state index contributed by atoms with van der Waals surface area (Å²) in [6.07, 6.45) is 3.55. The van der Waals surface area contributed by atoms with Gasteiger partial charge in [-0.1, -0.05) is 84.4 Å². The molecule has 0 radical (unpaired) electrons. The lowest BCUT2D eigenvalue weighted by molar-refractivity contribution is -0.142. The number of Topliss-reactive ketones (excluding diaryl/α,β-unsaturated/α-hetero) is 1. The maximum Gasteiger partial charge on any atom is 0.305 e. The van der Waals surface area contributed by atoms with E-state index < -0.39 is 46.9 Å². The van der Waals surface area contributed by atoms with Crippen molar-refractivity contribution in [1.82, 2.24) is 4.90 Å². The van der Waals surface area contributed by atoms with Gasteiger partial charge < -0.3 is 10.2 Å². The van der Waals surface area contributed by atoms with Crippen LogP contribution < -0.4 is 0 Å². The smallest absolute Gasteiger partial charge is 0.305 e. The summed E-state index contributed by atoms with van der Waals surface area (Å²) in [5.41, 5.74) is 3.12.